The van der Waals surface area contributed by atoms with E-state index in [-0.39, 0.29) is 17.7 Å². The molecule has 45 heavy (non-hydrogen) atoms. The molecule has 7 nitrogen and oxygen atoms in total. The maximum Gasteiger partial charge on any atom is 0.303 e. The second-order valence-electron chi connectivity index (χ2n) is 11.2. The molecule has 0 bridgehead atoms. The molecular weight excluding hydrogens is 586 g/mol. The molecule has 0 atom stereocenters. The SMILES string of the molecule is C=C.C=C/C(Cl)=C\C=C(/C)C1=NC/C=C\C(C(=O)N2CCC3(CC2)COCC(/C=C\C)=C3C)=C/C(=C)N=C1CCCCC(=O)O. The highest BCUT2D eigenvalue weighted by Gasteiger charge is 2.40. The second-order valence-corrected chi connectivity index (χ2v) is 11.6. The van der Waals surface area contributed by atoms with Crippen molar-refractivity contribution in [2.45, 2.75) is 59.3 Å². The van der Waals surface area contributed by atoms with E-state index in [1.165, 1.54) is 11.1 Å². The first-order chi connectivity index (χ1) is 21.6. The minimum absolute atomic E-state index is 0.0323. The van der Waals surface area contributed by atoms with Crippen molar-refractivity contribution < 1.29 is 19.4 Å². The lowest BCUT2D eigenvalue weighted by molar-refractivity contribution is -0.137. The van der Waals surface area contributed by atoms with Crippen LogP contribution in [0.5, 0.6) is 0 Å². The quantitative estimate of drug-likeness (QED) is 0.149. The standard InChI is InChI=1S/C35H44ClN3O4.C2H4/c1-6-11-29-23-43-24-35(27(29)5)17-20-39(21-18-35)34(42)28-12-10-19-37-33(25(3)15-16-30(36)7-2)31(38-26(4)22-28)13-8-9-14-32(40)41;1-2/h6-7,10-12,15-16,22H,2,4,8-9,13-14,17-21,23-24H2,1,3,5H3,(H,40,41);1-2H2/b11-6-,12-10-,25-15+,28-22+,30-16+,37-33?,38-31?;. The highest BCUT2D eigenvalue weighted by Crippen LogP contribution is 2.43. The lowest BCUT2D eigenvalue weighted by atomic mass is 9.70. The van der Waals surface area contributed by atoms with Crippen LogP contribution >= 0.6 is 11.6 Å². The number of nitrogens with zero attached hydrogens (tertiary/aromatic N) is 3. The molecule has 0 aromatic rings. The third-order valence-electron chi connectivity index (χ3n) is 8.18. The summed E-state index contributed by atoms with van der Waals surface area (Å²) in [7, 11) is 0. The number of carbonyl (C=O) groups is 2. The van der Waals surface area contributed by atoms with Crippen molar-refractivity contribution in [3.63, 3.8) is 0 Å². The fraction of sp³-hybridized carbons (Fsp3) is 0.405. The minimum Gasteiger partial charge on any atom is -0.481 e. The Morgan fingerprint density at radius 3 is 2.56 bits per heavy atom. The van der Waals surface area contributed by atoms with Crippen molar-refractivity contribution in [1.82, 2.24) is 4.90 Å². The predicted molar refractivity (Wildman–Crippen MR) is 188 cm³/mol. The smallest absolute Gasteiger partial charge is 0.303 e. The number of aliphatic imine (C=N–C) groups is 2. The van der Waals surface area contributed by atoms with Crippen LogP contribution in [0.1, 0.15) is 59.3 Å². The number of carboxylic acid groups (broad SMARTS) is 1. The van der Waals surface area contributed by atoms with Gasteiger partial charge < -0.3 is 14.7 Å². The summed E-state index contributed by atoms with van der Waals surface area (Å²) < 4.78 is 5.97. The molecule has 3 rings (SSSR count). The minimum atomic E-state index is -0.827. The number of hydrogen-bond donors (Lipinski definition) is 1. The Balaban J connectivity index is 0.00000345. The van der Waals surface area contributed by atoms with Gasteiger partial charge in [0.1, 0.15) is 0 Å². The Labute approximate surface area is 274 Å². The molecular formula is C37H48ClN3O4. The summed E-state index contributed by atoms with van der Waals surface area (Å²) in [6.07, 6.45) is 18.2. The van der Waals surface area contributed by atoms with Gasteiger partial charge in [0.05, 0.1) is 36.9 Å². The number of ether oxygens (including phenoxy) is 1. The summed E-state index contributed by atoms with van der Waals surface area (Å²) in [5.74, 6) is -0.880. The van der Waals surface area contributed by atoms with Crippen molar-refractivity contribution in [2.24, 2.45) is 15.4 Å². The third kappa shape index (κ3) is 10.9. The molecule has 0 saturated carbocycles. The van der Waals surface area contributed by atoms with E-state index in [1.807, 2.05) is 30.9 Å². The number of aliphatic carboxylic acids is 1. The number of likely N-dealkylation sites (tertiary alicyclic amines) is 1. The Kier molecular flexibility index (Phi) is 15.7. The zero-order valence-electron chi connectivity index (χ0n) is 27.1. The van der Waals surface area contributed by atoms with Gasteiger partial charge in [-0.1, -0.05) is 66.8 Å². The van der Waals surface area contributed by atoms with Crippen LogP contribution in [0.2, 0.25) is 0 Å². The molecule has 0 radical (unpaired) electrons. The maximum atomic E-state index is 13.7. The average Bonchev–Trinajstić information content (AvgIpc) is 3.04. The van der Waals surface area contributed by atoms with Crippen LogP contribution in [0.3, 0.4) is 0 Å². The van der Waals surface area contributed by atoms with E-state index in [9.17, 15) is 9.59 Å². The van der Waals surface area contributed by atoms with Crippen molar-refractivity contribution >= 4 is 34.9 Å². The first-order valence-electron chi connectivity index (χ1n) is 15.4. The molecule has 242 valence electrons. The van der Waals surface area contributed by atoms with Crippen LogP contribution in [0.15, 0.2) is 118 Å². The predicted octanol–water partition coefficient (Wildman–Crippen LogP) is 8.11. The van der Waals surface area contributed by atoms with Crippen molar-refractivity contribution in [1.29, 1.82) is 0 Å². The van der Waals surface area contributed by atoms with Gasteiger partial charge in [-0.15, -0.1) is 13.2 Å². The molecule has 1 spiro atoms. The van der Waals surface area contributed by atoms with Crippen LogP contribution in [-0.4, -0.2) is 66.2 Å². The number of rotatable bonds is 10. The first kappa shape index (κ1) is 37.4. The van der Waals surface area contributed by atoms with E-state index in [2.05, 4.69) is 45.4 Å². The fourth-order valence-electron chi connectivity index (χ4n) is 5.61. The number of carboxylic acids is 1. The van der Waals surface area contributed by atoms with Gasteiger partial charge in [0.25, 0.3) is 5.91 Å². The highest BCUT2D eigenvalue weighted by molar-refractivity contribution is 6.48. The molecule has 0 aromatic carbocycles. The Morgan fingerprint density at radius 2 is 1.91 bits per heavy atom. The van der Waals surface area contributed by atoms with Gasteiger partial charge in [0.2, 0.25) is 0 Å². The lowest BCUT2D eigenvalue weighted by Gasteiger charge is -2.45. The lowest BCUT2D eigenvalue weighted by Crippen LogP contribution is -2.47. The zero-order chi connectivity index (χ0) is 33.4. The summed E-state index contributed by atoms with van der Waals surface area (Å²) in [5.41, 5.74) is 5.79. The first-order valence-corrected chi connectivity index (χ1v) is 15.8. The van der Waals surface area contributed by atoms with E-state index >= 15 is 0 Å². The van der Waals surface area contributed by atoms with Gasteiger partial charge in [0.15, 0.2) is 0 Å². The van der Waals surface area contributed by atoms with Crippen LogP contribution in [0.4, 0.5) is 0 Å². The van der Waals surface area contributed by atoms with Gasteiger partial charge in [0, 0.05) is 35.5 Å². The van der Waals surface area contributed by atoms with E-state index in [4.69, 9.17) is 31.4 Å². The molecule has 0 aliphatic carbocycles. The van der Waals surface area contributed by atoms with Gasteiger partial charge >= 0.3 is 5.97 Å². The molecule has 1 N–H and O–H groups in total. The van der Waals surface area contributed by atoms with Crippen molar-refractivity contribution in [3.8, 4) is 0 Å². The molecule has 3 aliphatic heterocycles. The molecule has 1 saturated heterocycles. The Bertz CT molecular complexity index is 1370. The molecule has 3 aliphatic rings. The van der Waals surface area contributed by atoms with E-state index in [1.54, 1.807) is 24.3 Å². The summed E-state index contributed by atoms with van der Waals surface area (Å²) in [5, 5.41) is 9.57. The van der Waals surface area contributed by atoms with Crippen molar-refractivity contribution in [3.05, 3.63) is 108 Å². The van der Waals surface area contributed by atoms with E-state index < -0.39 is 5.97 Å². The van der Waals surface area contributed by atoms with E-state index in [0.717, 1.165) is 18.4 Å². The largest absolute Gasteiger partial charge is 0.481 e. The van der Waals surface area contributed by atoms with E-state index in [0.29, 0.717) is 79.8 Å². The van der Waals surface area contributed by atoms with Gasteiger partial charge in [-0.25, -0.2) is 0 Å². The number of unbranched alkanes of at least 4 members (excludes halogenated alkanes) is 1. The molecule has 1 fully saturated rings. The number of piperidine rings is 1. The molecule has 0 unspecified atom stereocenters. The van der Waals surface area contributed by atoms with Crippen LogP contribution in [0, 0.1) is 5.41 Å². The van der Waals surface area contributed by atoms with Gasteiger partial charge in [-0.2, -0.15) is 0 Å². The fourth-order valence-corrected chi connectivity index (χ4v) is 5.67. The number of hydrogen-bond acceptors (Lipinski definition) is 5. The second kappa shape index (κ2) is 18.9. The maximum absolute atomic E-state index is 13.7. The van der Waals surface area contributed by atoms with Crippen LogP contribution < -0.4 is 0 Å². The molecule has 1 amide bonds. The zero-order valence-corrected chi connectivity index (χ0v) is 27.9. The summed E-state index contributed by atoms with van der Waals surface area (Å²) in [4.78, 5) is 36.3. The molecule has 0 aromatic heterocycles. The Hall–Kier alpha value is -3.81. The number of halogens is 1. The van der Waals surface area contributed by atoms with Crippen LogP contribution in [0.25, 0.3) is 0 Å². The highest BCUT2D eigenvalue weighted by atomic mass is 35.5. The van der Waals surface area contributed by atoms with Crippen molar-refractivity contribution in [2.75, 3.05) is 32.8 Å². The summed E-state index contributed by atoms with van der Waals surface area (Å²) in [6.45, 7) is 22.9. The third-order valence-corrected chi connectivity index (χ3v) is 8.46. The number of amides is 1. The molecule has 3 heterocycles. The number of allylic oxidation sites excluding steroid dienone is 7. The number of carbonyl (C=O) groups excluding carboxylic acids is 1. The molecule has 8 heteroatoms. The normalized spacial score (nSPS) is 21.3. The summed E-state index contributed by atoms with van der Waals surface area (Å²) >= 11 is 6.12. The van der Waals surface area contributed by atoms with Crippen LogP contribution in [-0.2, 0) is 14.3 Å². The summed E-state index contributed by atoms with van der Waals surface area (Å²) in [6, 6.07) is 0. The Morgan fingerprint density at radius 1 is 1.20 bits per heavy atom. The van der Waals surface area contributed by atoms with Gasteiger partial charge in [-0.05, 0) is 76.2 Å². The van der Waals surface area contributed by atoms with Gasteiger partial charge in [-0.3, -0.25) is 19.6 Å². The topological polar surface area (TPSA) is 91.6 Å². The average molecular weight is 634 g/mol. The monoisotopic (exact) mass is 633 g/mol.